The molecule has 0 aromatic heterocycles. The van der Waals surface area contributed by atoms with Crippen LogP contribution in [0.1, 0.15) is 37.0 Å². The summed E-state index contributed by atoms with van der Waals surface area (Å²) >= 11 is 3.22. The Kier molecular flexibility index (Phi) is 4.80. The molecule has 0 saturated carbocycles. The van der Waals surface area contributed by atoms with E-state index in [1.54, 1.807) is 12.1 Å². The fraction of sp³-hybridized carbons (Fsp3) is 0.417. The van der Waals surface area contributed by atoms with E-state index in [1.807, 2.05) is 6.07 Å². The molecule has 0 saturated heterocycles. The molecule has 4 heteroatoms. The molecule has 0 amide bonds. The minimum Gasteiger partial charge on any atom is -0.478 e. The van der Waals surface area contributed by atoms with Gasteiger partial charge in [-0.05, 0) is 47.5 Å². The Morgan fingerprint density at radius 3 is 2.81 bits per heavy atom. The van der Waals surface area contributed by atoms with Crippen molar-refractivity contribution in [3.63, 3.8) is 0 Å². The maximum absolute atomic E-state index is 10.9. The van der Waals surface area contributed by atoms with Gasteiger partial charge in [0.05, 0.1) is 5.56 Å². The van der Waals surface area contributed by atoms with Crippen LogP contribution in [0.15, 0.2) is 22.7 Å². The van der Waals surface area contributed by atoms with Crippen LogP contribution in [0.3, 0.4) is 0 Å². The topological polar surface area (TPSA) is 49.3 Å². The number of carbonyl (C=O) groups is 1. The van der Waals surface area contributed by atoms with Crippen LogP contribution in [-0.2, 0) is 0 Å². The molecule has 0 fully saturated rings. The molecule has 16 heavy (non-hydrogen) atoms. The highest BCUT2D eigenvalue weighted by Gasteiger charge is 2.09. The number of anilines is 1. The van der Waals surface area contributed by atoms with Gasteiger partial charge >= 0.3 is 5.97 Å². The van der Waals surface area contributed by atoms with Crippen molar-refractivity contribution in [2.24, 2.45) is 0 Å². The van der Waals surface area contributed by atoms with Gasteiger partial charge in [0.1, 0.15) is 0 Å². The summed E-state index contributed by atoms with van der Waals surface area (Å²) in [4.78, 5) is 10.9. The first-order valence-electron chi connectivity index (χ1n) is 5.34. The van der Waals surface area contributed by atoms with Gasteiger partial charge in [0.25, 0.3) is 0 Å². The van der Waals surface area contributed by atoms with Gasteiger partial charge in [0.15, 0.2) is 0 Å². The summed E-state index contributed by atoms with van der Waals surface area (Å²) in [5.74, 6) is -0.918. The lowest BCUT2D eigenvalue weighted by Crippen LogP contribution is -2.14. The second kappa shape index (κ2) is 5.89. The van der Waals surface area contributed by atoms with E-state index in [2.05, 4.69) is 35.1 Å². The number of carboxylic acid groups (broad SMARTS) is 1. The summed E-state index contributed by atoms with van der Waals surface area (Å²) in [6.45, 7) is 4.22. The number of nitrogens with one attached hydrogen (secondary N) is 1. The predicted octanol–water partition coefficient (Wildman–Crippen LogP) is 3.75. The fourth-order valence-corrected chi connectivity index (χ4v) is 1.98. The fourth-order valence-electron chi connectivity index (χ4n) is 1.57. The van der Waals surface area contributed by atoms with E-state index in [0.29, 0.717) is 10.5 Å². The zero-order valence-corrected chi connectivity index (χ0v) is 11.0. The van der Waals surface area contributed by atoms with E-state index in [1.165, 1.54) is 0 Å². The van der Waals surface area contributed by atoms with Crippen molar-refractivity contribution in [2.45, 2.75) is 32.7 Å². The first kappa shape index (κ1) is 13.0. The van der Waals surface area contributed by atoms with Crippen LogP contribution < -0.4 is 5.32 Å². The number of benzene rings is 1. The molecule has 0 aliphatic heterocycles. The van der Waals surface area contributed by atoms with Gasteiger partial charge < -0.3 is 10.4 Å². The monoisotopic (exact) mass is 285 g/mol. The molecule has 1 atom stereocenters. The highest BCUT2D eigenvalue weighted by Crippen LogP contribution is 2.22. The lowest BCUT2D eigenvalue weighted by Gasteiger charge is -2.14. The lowest BCUT2D eigenvalue weighted by atomic mass is 10.1. The molecule has 0 radical (unpaired) electrons. The summed E-state index contributed by atoms with van der Waals surface area (Å²) in [5.41, 5.74) is 1.13. The second-order valence-corrected chi connectivity index (χ2v) is 4.69. The molecule has 1 rings (SSSR count). The largest absolute Gasteiger partial charge is 0.478 e. The Bertz CT molecular complexity index is 379. The number of hydrogen-bond acceptors (Lipinski definition) is 2. The molecule has 1 aromatic carbocycles. The van der Waals surface area contributed by atoms with Crippen molar-refractivity contribution in [2.75, 3.05) is 5.32 Å². The second-order valence-electron chi connectivity index (χ2n) is 3.83. The van der Waals surface area contributed by atoms with Crippen LogP contribution in [0.4, 0.5) is 5.69 Å². The summed E-state index contributed by atoms with van der Waals surface area (Å²) < 4.78 is 0.605. The highest BCUT2D eigenvalue weighted by molar-refractivity contribution is 9.10. The van der Waals surface area contributed by atoms with E-state index in [-0.39, 0.29) is 5.56 Å². The van der Waals surface area contributed by atoms with Crippen molar-refractivity contribution in [1.29, 1.82) is 0 Å². The minimum absolute atomic E-state index is 0.286. The van der Waals surface area contributed by atoms with Crippen LogP contribution in [-0.4, -0.2) is 17.1 Å². The van der Waals surface area contributed by atoms with E-state index in [9.17, 15) is 4.79 Å². The molecule has 1 unspecified atom stereocenters. The first-order valence-corrected chi connectivity index (χ1v) is 6.13. The molecular formula is C12H16BrNO2. The van der Waals surface area contributed by atoms with Crippen LogP contribution >= 0.6 is 15.9 Å². The summed E-state index contributed by atoms with van der Waals surface area (Å²) in [6, 6.07) is 5.64. The van der Waals surface area contributed by atoms with Gasteiger partial charge in [0.2, 0.25) is 0 Å². The molecule has 3 nitrogen and oxygen atoms in total. The minimum atomic E-state index is -0.918. The summed E-state index contributed by atoms with van der Waals surface area (Å²) in [5, 5.41) is 12.3. The van der Waals surface area contributed by atoms with E-state index < -0.39 is 5.97 Å². The van der Waals surface area contributed by atoms with Crippen molar-refractivity contribution >= 4 is 27.6 Å². The maximum atomic E-state index is 10.9. The lowest BCUT2D eigenvalue weighted by molar-refractivity contribution is 0.0696. The molecule has 88 valence electrons. The molecule has 0 heterocycles. The average Bonchev–Trinajstić information content (AvgIpc) is 2.21. The highest BCUT2D eigenvalue weighted by atomic mass is 79.9. The Labute approximate surface area is 104 Å². The van der Waals surface area contributed by atoms with Gasteiger partial charge in [-0.1, -0.05) is 13.3 Å². The van der Waals surface area contributed by atoms with Gasteiger partial charge in [-0.25, -0.2) is 4.79 Å². The number of rotatable bonds is 5. The van der Waals surface area contributed by atoms with Gasteiger partial charge in [-0.15, -0.1) is 0 Å². The van der Waals surface area contributed by atoms with E-state index in [4.69, 9.17) is 5.11 Å². The Morgan fingerprint density at radius 2 is 2.25 bits per heavy atom. The van der Waals surface area contributed by atoms with Crippen molar-refractivity contribution < 1.29 is 9.90 Å². The van der Waals surface area contributed by atoms with E-state index >= 15 is 0 Å². The molecule has 0 aliphatic carbocycles. The third-order valence-electron chi connectivity index (χ3n) is 2.33. The number of halogens is 1. The molecular weight excluding hydrogens is 270 g/mol. The number of aromatic carboxylic acids is 1. The molecule has 0 aliphatic rings. The quantitative estimate of drug-likeness (QED) is 0.866. The predicted molar refractivity (Wildman–Crippen MR) is 69.1 cm³/mol. The van der Waals surface area contributed by atoms with Crippen LogP contribution in [0.2, 0.25) is 0 Å². The maximum Gasteiger partial charge on any atom is 0.336 e. The first-order chi connectivity index (χ1) is 7.54. The van der Waals surface area contributed by atoms with Gasteiger partial charge in [-0.2, -0.15) is 0 Å². The number of carboxylic acids is 1. The zero-order valence-electron chi connectivity index (χ0n) is 9.46. The van der Waals surface area contributed by atoms with E-state index in [0.717, 1.165) is 18.5 Å². The molecule has 2 N–H and O–H groups in total. The molecule has 0 spiro atoms. The average molecular weight is 286 g/mol. The molecule has 1 aromatic rings. The summed E-state index contributed by atoms with van der Waals surface area (Å²) in [6.07, 6.45) is 2.18. The standard InChI is InChI=1S/C12H16BrNO2/c1-3-4-8(2)14-9-5-6-11(13)10(7-9)12(15)16/h5-8,14H,3-4H2,1-2H3,(H,15,16). The van der Waals surface area contributed by atoms with Gasteiger partial charge in [-0.3, -0.25) is 0 Å². The van der Waals surface area contributed by atoms with Gasteiger partial charge in [0, 0.05) is 16.2 Å². The smallest absolute Gasteiger partial charge is 0.336 e. The summed E-state index contributed by atoms with van der Waals surface area (Å²) in [7, 11) is 0. The Morgan fingerprint density at radius 1 is 1.56 bits per heavy atom. The van der Waals surface area contributed by atoms with Crippen LogP contribution in [0.5, 0.6) is 0 Å². The SMILES string of the molecule is CCCC(C)Nc1ccc(Br)c(C(=O)O)c1. The third kappa shape index (κ3) is 3.52. The Balaban J connectivity index is 2.82. The normalized spacial score (nSPS) is 12.2. The zero-order chi connectivity index (χ0) is 12.1. The van der Waals surface area contributed by atoms with Crippen LogP contribution in [0, 0.1) is 0 Å². The van der Waals surface area contributed by atoms with Crippen molar-refractivity contribution in [3.8, 4) is 0 Å². The Hall–Kier alpha value is -1.03. The van der Waals surface area contributed by atoms with Crippen molar-refractivity contribution in [1.82, 2.24) is 0 Å². The van der Waals surface area contributed by atoms with Crippen molar-refractivity contribution in [3.05, 3.63) is 28.2 Å². The third-order valence-corrected chi connectivity index (χ3v) is 3.02. The number of hydrogen-bond donors (Lipinski definition) is 2. The molecule has 0 bridgehead atoms. The van der Waals surface area contributed by atoms with Crippen LogP contribution in [0.25, 0.3) is 0 Å².